The highest BCUT2D eigenvalue weighted by Crippen LogP contribution is 2.31. The molecule has 1 aromatic carbocycles. The van der Waals surface area contributed by atoms with Gasteiger partial charge in [-0.15, -0.1) is 0 Å². The number of rotatable bonds is 8. The van der Waals surface area contributed by atoms with Crippen LogP contribution in [0.3, 0.4) is 0 Å². The van der Waals surface area contributed by atoms with E-state index in [1.165, 1.54) is 16.7 Å². The maximum absolute atomic E-state index is 6.05. The minimum absolute atomic E-state index is 0.511. The number of allylic oxidation sites excluding steroid dienone is 4. The van der Waals surface area contributed by atoms with Gasteiger partial charge in [-0.05, 0) is 68.0 Å². The van der Waals surface area contributed by atoms with Crippen LogP contribution in [-0.2, 0) is 0 Å². The van der Waals surface area contributed by atoms with Crippen LogP contribution in [0.4, 0.5) is 0 Å². The van der Waals surface area contributed by atoms with Crippen LogP contribution in [-0.4, -0.2) is 0 Å². The van der Waals surface area contributed by atoms with E-state index < -0.39 is 0 Å². The zero-order valence-corrected chi connectivity index (χ0v) is 13.9. The van der Waals surface area contributed by atoms with Gasteiger partial charge in [0.1, 0.15) is 0 Å². The Labute approximate surface area is 134 Å². The van der Waals surface area contributed by atoms with Crippen molar-refractivity contribution in [1.82, 2.24) is 0 Å². The maximum atomic E-state index is 6.05. The number of benzene rings is 1. The normalized spacial score (nSPS) is 13.6. The first kappa shape index (κ1) is 17.6. The van der Waals surface area contributed by atoms with Gasteiger partial charge >= 0.3 is 0 Å². The highest BCUT2D eigenvalue weighted by atomic mass is 35.5. The smallest absolute Gasteiger partial charge is 0.0408 e. The third kappa shape index (κ3) is 5.81. The van der Waals surface area contributed by atoms with Crippen molar-refractivity contribution in [3.8, 4) is 0 Å². The van der Waals surface area contributed by atoms with E-state index in [1.54, 1.807) is 6.20 Å². The number of aryl methyl sites for hydroxylation is 1. The molecule has 0 saturated heterocycles. The lowest BCUT2D eigenvalue weighted by Crippen LogP contribution is -2.01. The monoisotopic (exact) mass is 303 g/mol. The van der Waals surface area contributed by atoms with Gasteiger partial charge in [-0.1, -0.05) is 55.0 Å². The van der Waals surface area contributed by atoms with Crippen LogP contribution in [0.2, 0.25) is 5.02 Å². The molecule has 114 valence electrons. The molecule has 1 rings (SSSR count). The van der Waals surface area contributed by atoms with E-state index in [9.17, 15) is 0 Å². The van der Waals surface area contributed by atoms with Crippen molar-refractivity contribution in [2.45, 2.75) is 45.4 Å². The van der Waals surface area contributed by atoms with Crippen molar-refractivity contribution < 1.29 is 0 Å². The summed E-state index contributed by atoms with van der Waals surface area (Å²) in [6.07, 6.45) is 11.9. The molecule has 0 bridgehead atoms. The van der Waals surface area contributed by atoms with Crippen LogP contribution in [0, 0.1) is 6.92 Å². The lowest BCUT2D eigenvalue weighted by Gasteiger charge is -2.19. The summed E-state index contributed by atoms with van der Waals surface area (Å²) in [5.74, 6) is 0.511. The van der Waals surface area contributed by atoms with Crippen molar-refractivity contribution in [1.29, 1.82) is 0 Å². The molecule has 0 aliphatic carbocycles. The molecule has 0 aliphatic rings. The highest BCUT2D eigenvalue weighted by Gasteiger charge is 2.13. The number of hydrogen-bond acceptors (Lipinski definition) is 1. The van der Waals surface area contributed by atoms with Gasteiger partial charge in [-0.2, -0.15) is 0 Å². The molecule has 2 N–H and O–H groups in total. The average molecular weight is 304 g/mol. The Morgan fingerprint density at radius 3 is 2.71 bits per heavy atom. The largest absolute Gasteiger partial charge is 0.405 e. The highest BCUT2D eigenvalue weighted by molar-refractivity contribution is 6.30. The Balaban J connectivity index is 2.81. The number of halogens is 1. The van der Waals surface area contributed by atoms with Crippen molar-refractivity contribution in [2.24, 2.45) is 5.73 Å². The predicted molar refractivity (Wildman–Crippen MR) is 94.7 cm³/mol. The minimum atomic E-state index is 0.511. The summed E-state index contributed by atoms with van der Waals surface area (Å²) >= 11 is 6.05. The Kier molecular flexibility index (Phi) is 7.92. The molecule has 0 amide bonds. The Morgan fingerprint density at radius 2 is 2.14 bits per heavy atom. The maximum Gasteiger partial charge on any atom is 0.0408 e. The van der Waals surface area contributed by atoms with E-state index in [-0.39, 0.29) is 0 Å². The SMILES string of the molecule is C=C/C(=C/CC/C=C\N)CC(CC)c1ccc(Cl)cc1C. The lowest BCUT2D eigenvalue weighted by molar-refractivity contribution is 0.657. The Bertz CT molecular complexity index is 514. The van der Waals surface area contributed by atoms with Crippen molar-refractivity contribution in [3.05, 3.63) is 70.9 Å². The summed E-state index contributed by atoms with van der Waals surface area (Å²) in [7, 11) is 0. The summed E-state index contributed by atoms with van der Waals surface area (Å²) < 4.78 is 0. The molecule has 0 aromatic heterocycles. The Morgan fingerprint density at radius 1 is 1.38 bits per heavy atom. The van der Waals surface area contributed by atoms with E-state index in [0.717, 1.165) is 30.7 Å². The fourth-order valence-corrected chi connectivity index (χ4v) is 2.79. The summed E-state index contributed by atoms with van der Waals surface area (Å²) in [6.45, 7) is 8.31. The van der Waals surface area contributed by atoms with E-state index in [2.05, 4.69) is 32.6 Å². The summed E-state index contributed by atoms with van der Waals surface area (Å²) in [5.41, 5.74) is 9.31. The third-order valence-corrected chi connectivity index (χ3v) is 4.02. The molecular weight excluding hydrogens is 278 g/mol. The molecule has 0 fully saturated rings. The topological polar surface area (TPSA) is 26.0 Å². The fourth-order valence-electron chi connectivity index (χ4n) is 2.57. The standard InChI is InChI=1S/C19H26ClN/c1-4-16(9-7-6-8-12-21)14-17(5-2)19-11-10-18(20)13-15(19)3/h4,8-13,17H,1,5-7,14,21H2,2-3H3/b12-8-,16-9-. The van der Waals surface area contributed by atoms with Gasteiger partial charge in [-0.25, -0.2) is 0 Å². The summed E-state index contributed by atoms with van der Waals surface area (Å²) in [5, 5.41) is 0.805. The molecule has 1 unspecified atom stereocenters. The molecule has 21 heavy (non-hydrogen) atoms. The van der Waals surface area contributed by atoms with E-state index in [4.69, 9.17) is 17.3 Å². The van der Waals surface area contributed by atoms with E-state index in [0.29, 0.717) is 5.92 Å². The van der Waals surface area contributed by atoms with Crippen LogP contribution < -0.4 is 5.73 Å². The van der Waals surface area contributed by atoms with Gasteiger partial charge in [0, 0.05) is 5.02 Å². The summed E-state index contributed by atoms with van der Waals surface area (Å²) in [6, 6.07) is 6.18. The summed E-state index contributed by atoms with van der Waals surface area (Å²) in [4.78, 5) is 0. The second-order valence-electron chi connectivity index (χ2n) is 5.30. The zero-order chi connectivity index (χ0) is 15.7. The lowest BCUT2D eigenvalue weighted by atomic mass is 9.87. The van der Waals surface area contributed by atoms with Crippen LogP contribution in [0.1, 0.15) is 49.7 Å². The van der Waals surface area contributed by atoms with E-state index >= 15 is 0 Å². The van der Waals surface area contributed by atoms with Gasteiger partial charge < -0.3 is 5.73 Å². The number of hydrogen-bond donors (Lipinski definition) is 1. The first-order chi connectivity index (χ1) is 10.1. The average Bonchev–Trinajstić information content (AvgIpc) is 2.47. The molecule has 0 radical (unpaired) electrons. The molecular formula is C19H26ClN. The van der Waals surface area contributed by atoms with Crippen LogP contribution >= 0.6 is 11.6 Å². The van der Waals surface area contributed by atoms with Gasteiger partial charge in [0.25, 0.3) is 0 Å². The van der Waals surface area contributed by atoms with Gasteiger partial charge in [0.05, 0.1) is 0 Å². The van der Waals surface area contributed by atoms with Crippen molar-refractivity contribution in [2.75, 3.05) is 0 Å². The molecule has 1 atom stereocenters. The zero-order valence-electron chi connectivity index (χ0n) is 13.1. The molecule has 1 aromatic rings. The van der Waals surface area contributed by atoms with Gasteiger partial charge in [0.2, 0.25) is 0 Å². The second kappa shape index (κ2) is 9.46. The van der Waals surface area contributed by atoms with E-state index in [1.807, 2.05) is 24.3 Å². The Hall–Kier alpha value is -1.47. The predicted octanol–water partition coefficient (Wildman–Crippen LogP) is 5.90. The van der Waals surface area contributed by atoms with Crippen LogP contribution in [0.15, 0.2) is 54.8 Å². The van der Waals surface area contributed by atoms with Crippen molar-refractivity contribution in [3.63, 3.8) is 0 Å². The first-order valence-corrected chi connectivity index (χ1v) is 7.94. The van der Waals surface area contributed by atoms with Crippen LogP contribution in [0.5, 0.6) is 0 Å². The second-order valence-corrected chi connectivity index (χ2v) is 5.74. The molecule has 1 nitrogen and oxygen atoms in total. The minimum Gasteiger partial charge on any atom is -0.405 e. The molecule has 0 spiro atoms. The molecule has 0 aliphatic heterocycles. The van der Waals surface area contributed by atoms with Crippen LogP contribution in [0.25, 0.3) is 0 Å². The third-order valence-electron chi connectivity index (χ3n) is 3.78. The van der Waals surface area contributed by atoms with Gasteiger partial charge in [0.15, 0.2) is 0 Å². The van der Waals surface area contributed by atoms with Crippen molar-refractivity contribution >= 4 is 11.6 Å². The molecule has 0 saturated carbocycles. The fraction of sp³-hybridized carbons (Fsp3) is 0.368. The first-order valence-electron chi connectivity index (χ1n) is 7.56. The molecule has 2 heteroatoms. The van der Waals surface area contributed by atoms with Gasteiger partial charge in [-0.3, -0.25) is 0 Å². The molecule has 0 heterocycles. The quantitative estimate of drug-likeness (QED) is 0.470. The number of nitrogens with two attached hydrogens (primary N) is 1. The number of unbranched alkanes of at least 4 members (excludes halogenated alkanes) is 1.